The predicted octanol–water partition coefficient (Wildman–Crippen LogP) is 0.0447. The lowest BCUT2D eigenvalue weighted by Gasteiger charge is -2.08. The average molecular weight is 130 g/mol. The van der Waals surface area contributed by atoms with Gasteiger partial charge in [0.25, 0.3) is 0 Å². The molecule has 1 aliphatic heterocycles. The highest BCUT2D eigenvalue weighted by atomic mass is 16.5. The molecular weight excluding hydrogens is 116 g/mol. The molecule has 1 fully saturated rings. The van der Waals surface area contributed by atoms with Crippen LogP contribution in [0.2, 0.25) is 0 Å². The molecule has 0 aromatic carbocycles. The summed E-state index contributed by atoms with van der Waals surface area (Å²) in [6, 6.07) is 0.181. The van der Waals surface area contributed by atoms with Crippen LogP contribution in [-0.2, 0) is 0 Å². The Morgan fingerprint density at radius 2 is 2.33 bits per heavy atom. The van der Waals surface area contributed by atoms with Crippen LogP contribution in [-0.4, -0.2) is 29.4 Å². The van der Waals surface area contributed by atoms with Gasteiger partial charge in [-0.1, -0.05) is 13.3 Å². The number of hydroxylamine groups is 2. The number of hydrogen-bond donors (Lipinski definition) is 2. The van der Waals surface area contributed by atoms with E-state index in [1.165, 1.54) is 5.06 Å². The van der Waals surface area contributed by atoms with Crippen molar-refractivity contribution in [3.63, 3.8) is 0 Å². The molecule has 3 nitrogen and oxygen atoms in total. The van der Waals surface area contributed by atoms with Gasteiger partial charge < -0.3 is 10.9 Å². The lowest BCUT2D eigenvalue weighted by molar-refractivity contribution is -0.0720. The molecule has 2 atom stereocenters. The number of nitrogens with two attached hydrogens (primary N) is 1. The summed E-state index contributed by atoms with van der Waals surface area (Å²) < 4.78 is 0. The highest BCUT2D eigenvalue weighted by Gasteiger charge is 2.27. The summed E-state index contributed by atoms with van der Waals surface area (Å²) in [6.07, 6.45) is 1.07. The summed E-state index contributed by atoms with van der Waals surface area (Å²) in [5, 5.41) is 10.3. The van der Waals surface area contributed by atoms with E-state index in [2.05, 4.69) is 6.92 Å². The SMILES string of the molecule is CC[C@@H]1CN(O)C[C@@H]1N. The summed E-state index contributed by atoms with van der Waals surface area (Å²) in [4.78, 5) is 0. The monoisotopic (exact) mass is 130 g/mol. The van der Waals surface area contributed by atoms with Crippen LogP contribution in [0.5, 0.6) is 0 Å². The zero-order valence-electron chi connectivity index (χ0n) is 5.75. The first-order chi connectivity index (χ1) is 4.24. The van der Waals surface area contributed by atoms with E-state index in [1.54, 1.807) is 0 Å². The van der Waals surface area contributed by atoms with E-state index in [0.29, 0.717) is 12.5 Å². The average Bonchev–Trinajstić information content (AvgIpc) is 2.10. The lowest BCUT2D eigenvalue weighted by Crippen LogP contribution is -2.28. The second-order valence-corrected chi connectivity index (χ2v) is 2.70. The van der Waals surface area contributed by atoms with Crippen molar-refractivity contribution in [2.24, 2.45) is 11.7 Å². The molecule has 0 amide bonds. The van der Waals surface area contributed by atoms with Crippen LogP contribution in [0.25, 0.3) is 0 Å². The van der Waals surface area contributed by atoms with Crippen molar-refractivity contribution in [3.8, 4) is 0 Å². The first-order valence-electron chi connectivity index (χ1n) is 3.43. The fourth-order valence-corrected chi connectivity index (χ4v) is 1.30. The zero-order valence-corrected chi connectivity index (χ0v) is 5.75. The van der Waals surface area contributed by atoms with Crippen molar-refractivity contribution in [3.05, 3.63) is 0 Å². The van der Waals surface area contributed by atoms with Crippen LogP contribution in [0, 0.1) is 5.92 Å². The predicted molar refractivity (Wildman–Crippen MR) is 35.1 cm³/mol. The van der Waals surface area contributed by atoms with Crippen molar-refractivity contribution in [2.75, 3.05) is 13.1 Å². The van der Waals surface area contributed by atoms with Gasteiger partial charge in [0.15, 0.2) is 0 Å². The minimum Gasteiger partial charge on any atom is -0.326 e. The third-order valence-electron chi connectivity index (χ3n) is 2.00. The van der Waals surface area contributed by atoms with Gasteiger partial charge in [0.05, 0.1) is 0 Å². The molecule has 0 radical (unpaired) electrons. The Morgan fingerprint density at radius 1 is 1.67 bits per heavy atom. The first-order valence-corrected chi connectivity index (χ1v) is 3.43. The van der Waals surface area contributed by atoms with Crippen LogP contribution in [0.3, 0.4) is 0 Å². The van der Waals surface area contributed by atoms with Gasteiger partial charge in [-0.3, -0.25) is 0 Å². The highest BCUT2D eigenvalue weighted by molar-refractivity contribution is 4.81. The van der Waals surface area contributed by atoms with Crippen LogP contribution in [0.4, 0.5) is 0 Å². The minimum atomic E-state index is 0.181. The topological polar surface area (TPSA) is 49.5 Å². The first kappa shape index (κ1) is 6.99. The molecule has 3 N–H and O–H groups in total. The van der Waals surface area contributed by atoms with Gasteiger partial charge in [0.1, 0.15) is 0 Å². The molecule has 1 saturated heterocycles. The Bertz CT molecular complexity index is 97.1. The van der Waals surface area contributed by atoms with E-state index in [9.17, 15) is 0 Å². The molecule has 0 unspecified atom stereocenters. The van der Waals surface area contributed by atoms with E-state index in [0.717, 1.165) is 13.0 Å². The molecule has 9 heavy (non-hydrogen) atoms. The maximum Gasteiger partial charge on any atom is 0.0393 e. The molecule has 0 bridgehead atoms. The summed E-state index contributed by atoms with van der Waals surface area (Å²) >= 11 is 0. The summed E-state index contributed by atoms with van der Waals surface area (Å²) in [5.74, 6) is 0.495. The second kappa shape index (κ2) is 2.64. The van der Waals surface area contributed by atoms with Crippen molar-refractivity contribution in [1.29, 1.82) is 0 Å². The van der Waals surface area contributed by atoms with Gasteiger partial charge in [0, 0.05) is 19.1 Å². The minimum absolute atomic E-state index is 0.181. The van der Waals surface area contributed by atoms with Crippen molar-refractivity contribution in [1.82, 2.24) is 5.06 Å². The summed E-state index contributed by atoms with van der Waals surface area (Å²) in [7, 11) is 0. The maximum atomic E-state index is 8.95. The van der Waals surface area contributed by atoms with Crippen molar-refractivity contribution in [2.45, 2.75) is 19.4 Å². The Balaban J connectivity index is 2.38. The van der Waals surface area contributed by atoms with Crippen LogP contribution >= 0.6 is 0 Å². The summed E-state index contributed by atoms with van der Waals surface area (Å²) in [5.41, 5.74) is 5.68. The summed E-state index contributed by atoms with van der Waals surface area (Å²) in [6.45, 7) is 3.49. The lowest BCUT2D eigenvalue weighted by atomic mass is 10.0. The van der Waals surface area contributed by atoms with Gasteiger partial charge in [0.2, 0.25) is 0 Å². The fourth-order valence-electron chi connectivity index (χ4n) is 1.30. The Labute approximate surface area is 55.4 Å². The molecule has 0 saturated carbocycles. The van der Waals surface area contributed by atoms with Crippen LogP contribution in [0.1, 0.15) is 13.3 Å². The van der Waals surface area contributed by atoms with E-state index < -0.39 is 0 Å². The van der Waals surface area contributed by atoms with Gasteiger partial charge in [-0.25, -0.2) is 0 Å². The number of rotatable bonds is 1. The van der Waals surface area contributed by atoms with Crippen LogP contribution in [0.15, 0.2) is 0 Å². The molecule has 0 aromatic rings. The molecule has 1 rings (SSSR count). The van der Waals surface area contributed by atoms with Gasteiger partial charge in [-0.05, 0) is 5.92 Å². The standard InChI is InChI=1S/C6H14N2O/c1-2-5-3-8(9)4-6(5)7/h5-6,9H,2-4,7H2,1H3/t5-,6+/m1/s1. The quantitative estimate of drug-likeness (QED) is 0.527. The third-order valence-corrected chi connectivity index (χ3v) is 2.00. The Morgan fingerprint density at radius 3 is 2.56 bits per heavy atom. The van der Waals surface area contributed by atoms with Gasteiger partial charge in [-0.2, -0.15) is 5.06 Å². The van der Waals surface area contributed by atoms with E-state index in [1.807, 2.05) is 0 Å². The second-order valence-electron chi connectivity index (χ2n) is 2.70. The highest BCUT2D eigenvalue weighted by Crippen LogP contribution is 2.15. The van der Waals surface area contributed by atoms with Crippen LogP contribution < -0.4 is 5.73 Å². The largest absolute Gasteiger partial charge is 0.326 e. The number of hydrogen-bond acceptors (Lipinski definition) is 3. The molecular formula is C6H14N2O. The maximum absolute atomic E-state index is 8.95. The van der Waals surface area contributed by atoms with Gasteiger partial charge >= 0.3 is 0 Å². The Hall–Kier alpha value is -0.120. The molecule has 54 valence electrons. The molecule has 3 heteroatoms. The van der Waals surface area contributed by atoms with Gasteiger partial charge in [-0.15, -0.1) is 0 Å². The molecule has 0 spiro atoms. The van der Waals surface area contributed by atoms with E-state index in [4.69, 9.17) is 10.9 Å². The zero-order chi connectivity index (χ0) is 6.85. The Kier molecular flexibility index (Phi) is 2.05. The van der Waals surface area contributed by atoms with E-state index >= 15 is 0 Å². The molecule has 1 aliphatic rings. The molecule has 0 aliphatic carbocycles. The third kappa shape index (κ3) is 1.41. The van der Waals surface area contributed by atoms with E-state index in [-0.39, 0.29) is 6.04 Å². The molecule has 0 aromatic heterocycles. The van der Waals surface area contributed by atoms with Crippen molar-refractivity contribution >= 4 is 0 Å². The fraction of sp³-hybridized carbons (Fsp3) is 1.00. The number of nitrogens with zero attached hydrogens (tertiary/aromatic N) is 1. The smallest absolute Gasteiger partial charge is 0.0393 e. The van der Waals surface area contributed by atoms with Crippen molar-refractivity contribution < 1.29 is 5.21 Å². The molecule has 1 heterocycles. The normalized spacial score (nSPS) is 37.7.